The number of carbonyl (C=O) groups excluding carboxylic acids is 2. The summed E-state index contributed by atoms with van der Waals surface area (Å²) in [5, 5.41) is 0.830. The first kappa shape index (κ1) is 20.7. The van der Waals surface area contributed by atoms with Gasteiger partial charge in [0.25, 0.3) is 0 Å². The molecule has 2 heterocycles. The number of hydrogen-bond acceptors (Lipinski definition) is 6. The molecule has 1 aromatic carbocycles. The molecular weight excluding hydrogens is 376 g/mol. The zero-order valence-electron chi connectivity index (χ0n) is 17.0. The summed E-state index contributed by atoms with van der Waals surface area (Å²) in [5.41, 5.74) is 1.77. The molecule has 0 bridgehead atoms. The Bertz CT molecular complexity index is 960. The lowest BCUT2D eigenvalue weighted by molar-refractivity contribution is -0.132. The van der Waals surface area contributed by atoms with Crippen LogP contribution in [0.15, 0.2) is 27.4 Å². The van der Waals surface area contributed by atoms with Crippen LogP contribution in [0.2, 0.25) is 0 Å². The quantitative estimate of drug-likeness (QED) is 0.713. The van der Waals surface area contributed by atoms with Crippen LogP contribution in [0.1, 0.15) is 24.5 Å². The van der Waals surface area contributed by atoms with Crippen LogP contribution in [0.5, 0.6) is 5.75 Å². The summed E-state index contributed by atoms with van der Waals surface area (Å²) in [7, 11) is 1.55. The maximum Gasteiger partial charge on any atom is 0.409 e. The van der Waals surface area contributed by atoms with E-state index >= 15 is 0 Å². The summed E-state index contributed by atoms with van der Waals surface area (Å²) >= 11 is 0. The minimum Gasteiger partial charge on any atom is -0.496 e. The Morgan fingerprint density at radius 1 is 1.10 bits per heavy atom. The first-order chi connectivity index (χ1) is 13.9. The van der Waals surface area contributed by atoms with E-state index in [1.54, 1.807) is 29.9 Å². The van der Waals surface area contributed by atoms with E-state index in [0.29, 0.717) is 57.0 Å². The monoisotopic (exact) mass is 402 g/mol. The second-order valence-corrected chi connectivity index (χ2v) is 6.98. The van der Waals surface area contributed by atoms with Crippen molar-refractivity contribution in [2.75, 3.05) is 39.9 Å². The van der Waals surface area contributed by atoms with Gasteiger partial charge in [-0.15, -0.1) is 0 Å². The van der Waals surface area contributed by atoms with Gasteiger partial charge < -0.3 is 23.7 Å². The Labute approximate surface area is 169 Å². The van der Waals surface area contributed by atoms with Gasteiger partial charge in [0.15, 0.2) is 0 Å². The van der Waals surface area contributed by atoms with Crippen molar-refractivity contribution in [2.24, 2.45) is 0 Å². The summed E-state index contributed by atoms with van der Waals surface area (Å²) in [5.74, 6) is 0.623. The standard InChI is InChI=1S/C21H26N2O6/c1-4-28-21(26)23-9-7-22(8-10-23)19(24)6-5-15-12-16-14(2)11-20(25)29-18(16)13-17(15)27-3/h11-13H,4-10H2,1-3H3. The second kappa shape index (κ2) is 8.98. The molecule has 8 heteroatoms. The van der Waals surface area contributed by atoms with E-state index < -0.39 is 5.63 Å². The van der Waals surface area contributed by atoms with E-state index in [0.717, 1.165) is 16.5 Å². The van der Waals surface area contributed by atoms with Crippen molar-refractivity contribution >= 4 is 23.0 Å². The number of aryl methyl sites for hydroxylation is 2. The molecule has 8 nitrogen and oxygen atoms in total. The molecule has 0 atom stereocenters. The van der Waals surface area contributed by atoms with Crippen LogP contribution in [0.25, 0.3) is 11.0 Å². The Hall–Kier alpha value is -3.03. The van der Waals surface area contributed by atoms with Crippen LogP contribution in [0, 0.1) is 6.92 Å². The number of carbonyl (C=O) groups is 2. The fourth-order valence-corrected chi connectivity index (χ4v) is 3.53. The van der Waals surface area contributed by atoms with Crippen molar-refractivity contribution in [1.82, 2.24) is 9.80 Å². The highest BCUT2D eigenvalue weighted by molar-refractivity contribution is 5.83. The molecule has 1 fully saturated rings. The van der Waals surface area contributed by atoms with Crippen LogP contribution in [-0.4, -0.2) is 61.7 Å². The molecule has 3 rings (SSSR count). The van der Waals surface area contributed by atoms with Crippen LogP contribution in [0.4, 0.5) is 4.79 Å². The zero-order valence-corrected chi connectivity index (χ0v) is 17.0. The fraction of sp³-hybridized carbons (Fsp3) is 0.476. The number of methoxy groups -OCH3 is 1. The van der Waals surface area contributed by atoms with Crippen molar-refractivity contribution in [2.45, 2.75) is 26.7 Å². The van der Waals surface area contributed by atoms with Gasteiger partial charge in [-0.1, -0.05) is 0 Å². The molecule has 2 aromatic rings. The maximum absolute atomic E-state index is 12.6. The molecule has 0 spiro atoms. The van der Waals surface area contributed by atoms with Gasteiger partial charge in [0.1, 0.15) is 11.3 Å². The summed E-state index contributed by atoms with van der Waals surface area (Å²) in [6.07, 6.45) is 0.508. The van der Waals surface area contributed by atoms with E-state index in [1.165, 1.54) is 6.07 Å². The van der Waals surface area contributed by atoms with Crippen molar-refractivity contribution in [3.8, 4) is 5.75 Å². The van der Waals surface area contributed by atoms with Crippen LogP contribution >= 0.6 is 0 Å². The highest BCUT2D eigenvalue weighted by Crippen LogP contribution is 2.28. The Morgan fingerprint density at radius 3 is 2.45 bits per heavy atom. The van der Waals surface area contributed by atoms with E-state index in [9.17, 15) is 14.4 Å². The van der Waals surface area contributed by atoms with E-state index in [-0.39, 0.29) is 12.0 Å². The summed E-state index contributed by atoms with van der Waals surface area (Å²) < 4.78 is 15.7. The third-order valence-corrected chi connectivity index (χ3v) is 5.12. The number of hydrogen-bond donors (Lipinski definition) is 0. The normalized spacial score (nSPS) is 14.2. The molecule has 0 N–H and O–H groups in total. The number of fused-ring (bicyclic) bond motifs is 1. The minimum atomic E-state index is -0.401. The molecule has 0 unspecified atom stereocenters. The number of nitrogens with zero attached hydrogens (tertiary/aromatic N) is 2. The summed E-state index contributed by atoms with van der Waals surface area (Å²) in [4.78, 5) is 39.4. The Morgan fingerprint density at radius 2 is 1.79 bits per heavy atom. The van der Waals surface area contributed by atoms with E-state index in [4.69, 9.17) is 13.9 Å². The molecule has 156 valence electrons. The van der Waals surface area contributed by atoms with E-state index in [2.05, 4.69) is 0 Å². The molecule has 0 saturated carbocycles. The second-order valence-electron chi connectivity index (χ2n) is 6.98. The van der Waals surface area contributed by atoms with Gasteiger partial charge in [0, 0.05) is 50.1 Å². The molecule has 2 amide bonds. The average Bonchev–Trinajstić information content (AvgIpc) is 2.71. The summed E-state index contributed by atoms with van der Waals surface area (Å²) in [6.45, 7) is 5.91. The number of piperazine rings is 1. The largest absolute Gasteiger partial charge is 0.496 e. The predicted molar refractivity (Wildman–Crippen MR) is 107 cm³/mol. The van der Waals surface area contributed by atoms with Crippen LogP contribution in [-0.2, 0) is 16.0 Å². The highest BCUT2D eigenvalue weighted by atomic mass is 16.6. The molecule has 1 aliphatic rings. The maximum atomic E-state index is 12.6. The molecule has 1 aliphatic heterocycles. The topological polar surface area (TPSA) is 89.3 Å². The van der Waals surface area contributed by atoms with Gasteiger partial charge in [-0.3, -0.25) is 4.79 Å². The van der Waals surface area contributed by atoms with Crippen molar-refractivity contribution in [3.05, 3.63) is 39.7 Å². The molecule has 0 aliphatic carbocycles. The van der Waals surface area contributed by atoms with Crippen molar-refractivity contribution in [3.63, 3.8) is 0 Å². The first-order valence-corrected chi connectivity index (χ1v) is 9.73. The van der Waals surface area contributed by atoms with Crippen LogP contribution < -0.4 is 10.4 Å². The third-order valence-electron chi connectivity index (χ3n) is 5.12. The Kier molecular flexibility index (Phi) is 6.41. The lowest BCUT2D eigenvalue weighted by atomic mass is 10.0. The minimum absolute atomic E-state index is 0.0342. The number of ether oxygens (including phenoxy) is 2. The smallest absolute Gasteiger partial charge is 0.409 e. The van der Waals surface area contributed by atoms with Crippen molar-refractivity contribution in [1.29, 1.82) is 0 Å². The van der Waals surface area contributed by atoms with Gasteiger partial charge >= 0.3 is 11.7 Å². The SMILES string of the molecule is CCOC(=O)N1CCN(C(=O)CCc2cc3c(C)cc(=O)oc3cc2OC)CC1. The molecule has 1 saturated heterocycles. The molecule has 0 radical (unpaired) electrons. The number of amides is 2. The average molecular weight is 402 g/mol. The van der Waals surface area contributed by atoms with Gasteiger partial charge in [0.05, 0.1) is 13.7 Å². The zero-order chi connectivity index (χ0) is 21.0. The highest BCUT2D eigenvalue weighted by Gasteiger charge is 2.24. The summed E-state index contributed by atoms with van der Waals surface area (Å²) in [6, 6.07) is 5.06. The lowest BCUT2D eigenvalue weighted by Gasteiger charge is -2.34. The third kappa shape index (κ3) is 4.70. The lowest BCUT2D eigenvalue weighted by Crippen LogP contribution is -2.50. The number of rotatable bonds is 5. The van der Waals surface area contributed by atoms with Gasteiger partial charge in [-0.05, 0) is 37.5 Å². The molecule has 1 aromatic heterocycles. The van der Waals surface area contributed by atoms with Crippen molar-refractivity contribution < 1.29 is 23.5 Å². The van der Waals surface area contributed by atoms with Crippen LogP contribution in [0.3, 0.4) is 0 Å². The molecule has 29 heavy (non-hydrogen) atoms. The van der Waals surface area contributed by atoms with E-state index in [1.807, 2.05) is 13.0 Å². The number of benzene rings is 1. The van der Waals surface area contributed by atoms with Gasteiger partial charge in [0.2, 0.25) is 5.91 Å². The fourth-order valence-electron chi connectivity index (χ4n) is 3.53. The first-order valence-electron chi connectivity index (χ1n) is 9.73. The predicted octanol–water partition coefficient (Wildman–Crippen LogP) is 2.34. The van der Waals surface area contributed by atoms with Gasteiger partial charge in [-0.2, -0.15) is 0 Å². The van der Waals surface area contributed by atoms with Gasteiger partial charge in [-0.25, -0.2) is 9.59 Å². The molecular formula is C21H26N2O6. The Balaban J connectivity index is 1.65.